The van der Waals surface area contributed by atoms with Crippen LogP contribution in [0, 0.1) is 0 Å². The minimum absolute atomic E-state index is 0.337. The van der Waals surface area contributed by atoms with Gasteiger partial charge in [-0.3, -0.25) is 4.99 Å². The maximum atomic E-state index is 9.26. The van der Waals surface area contributed by atoms with E-state index in [4.69, 9.17) is 0 Å². The summed E-state index contributed by atoms with van der Waals surface area (Å²) in [6.07, 6.45) is 1.86. The Morgan fingerprint density at radius 1 is 1.36 bits per heavy atom. The summed E-state index contributed by atoms with van der Waals surface area (Å²) in [6, 6.07) is 7.38. The second kappa shape index (κ2) is 4.13. The predicted octanol–water partition coefficient (Wildman–Crippen LogP) is 1.33. The Labute approximate surface area is 83.5 Å². The van der Waals surface area contributed by atoms with Crippen molar-refractivity contribution in [1.82, 2.24) is 5.32 Å². The SMILES string of the molecule is Oc1cccc(CCC2=NCCN2)c1. The zero-order valence-electron chi connectivity index (χ0n) is 8.03. The molecule has 0 amide bonds. The van der Waals surface area contributed by atoms with E-state index in [0.717, 1.165) is 37.3 Å². The molecule has 0 unspecified atom stereocenters. The lowest BCUT2D eigenvalue weighted by Crippen LogP contribution is -2.18. The van der Waals surface area contributed by atoms with E-state index in [1.54, 1.807) is 12.1 Å². The number of phenolic OH excluding ortho intramolecular Hbond substituents is 1. The Hall–Kier alpha value is -1.51. The highest BCUT2D eigenvalue weighted by Crippen LogP contribution is 2.12. The van der Waals surface area contributed by atoms with Gasteiger partial charge in [0.25, 0.3) is 0 Å². The topological polar surface area (TPSA) is 44.6 Å². The van der Waals surface area contributed by atoms with Crippen LogP contribution in [0.5, 0.6) is 5.75 Å². The molecule has 0 saturated heterocycles. The molecule has 14 heavy (non-hydrogen) atoms. The van der Waals surface area contributed by atoms with Crippen LogP contribution >= 0.6 is 0 Å². The van der Waals surface area contributed by atoms with Crippen molar-refractivity contribution in [2.45, 2.75) is 12.8 Å². The average Bonchev–Trinajstić information content (AvgIpc) is 2.67. The van der Waals surface area contributed by atoms with Crippen LogP contribution in [-0.4, -0.2) is 24.0 Å². The van der Waals surface area contributed by atoms with Gasteiger partial charge in [-0.25, -0.2) is 0 Å². The van der Waals surface area contributed by atoms with Crippen LogP contribution in [0.15, 0.2) is 29.3 Å². The first kappa shape index (κ1) is 9.06. The molecule has 3 nitrogen and oxygen atoms in total. The van der Waals surface area contributed by atoms with Gasteiger partial charge in [-0.2, -0.15) is 0 Å². The van der Waals surface area contributed by atoms with Crippen LogP contribution in [0.1, 0.15) is 12.0 Å². The number of amidine groups is 1. The van der Waals surface area contributed by atoms with E-state index < -0.39 is 0 Å². The number of nitrogens with one attached hydrogen (secondary N) is 1. The zero-order valence-corrected chi connectivity index (χ0v) is 8.03. The minimum atomic E-state index is 0.337. The molecule has 0 radical (unpaired) electrons. The van der Waals surface area contributed by atoms with Gasteiger partial charge in [-0.1, -0.05) is 12.1 Å². The fraction of sp³-hybridized carbons (Fsp3) is 0.364. The van der Waals surface area contributed by atoms with Crippen molar-refractivity contribution in [3.05, 3.63) is 29.8 Å². The second-order valence-corrected chi connectivity index (χ2v) is 3.43. The number of benzene rings is 1. The standard InChI is InChI=1S/C11H14N2O/c14-10-3-1-2-9(8-10)4-5-11-12-6-7-13-11/h1-3,8,14H,4-7H2,(H,12,13). The van der Waals surface area contributed by atoms with E-state index in [-0.39, 0.29) is 0 Å². The molecule has 0 saturated carbocycles. The van der Waals surface area contributed by atoms with Gasteiger partial charge in [0.2, 0.25) is 0 Å². The zero-order chi connectivity index (χ0) is 9.80. The third-order valence-corrected chi connectivity index (χ3v) is 2.30. The number of aliphatic imine (C=N–C) groups is 1. The maximum Gasteiger partial charge on any atom is 0.115 e. The van der Waals surface area contributed by atoms with E-state index in [1.165, 1.54) is 0 Å². The van der Waals surface area contributed by atoms with Gasteiger partial charge in [0, 0.05) is 13.0 Å². The molecule has 0 aromatic heterocycles. The van der Waals surface area contributed by atoms with Crippen molar-refractivity contribution in [1.29, 1.82) is 0 Å². The number of rotatable bonds is 3. The third kappa shape index (κ3) is 2.25. The van der Waals surface area contributed by atoms with Gasteiger partial charge in [-0.15, -0.1) is 0 Å². The molecule has 3 heteroatoms. The predicted molar refractivity (Wildman–Crippen MR) is 56.7 cm³/mol. The van der Waals surface area contributed by atoms with Crippen LogP contribution in [0.4, 0.5) is 0 Å². The quantitative estimate of drug-likeness (QED) is 0.755. The van der Waals surface area contributed by atoms with Gasteiger partial charge in [-0.05, 0) is 24.1 Å². The molecule has 2 rings (SSSR count). The van der Waals surface area contributed by atoms with Crippen molar-refractivity contribution in [3.63, 3.8) is 0 Å². The Balaban J connectivity index is 1.91. The largest absolute Gasteiger partial charge is 0.508 e. The fourth-order valence-electron chi connectivity index (χ4n) is 1.59. The summed E-state index contributed by atoms with van der Waals surface area (Å²) in [6.45, 7) is 1.87. The summed E-state index contributed by atoms with van der Waals surface area (Å²) in [5.74, 6) is 1.43. The molecule has 1 aliphatic rings. The lowest BCUT2D eigenvalue weighted by atomic mass is 10.1. The molecule has 1 aliphatic heterocycles. The number of hydrogen-bond donors (Lipinski definition) is 2. The first-order valence-electron chi connectivity index (χ1n) is 4.90. The summed E-state index contributed by atoms with van der Waals surface area (Å²) in [7, 11) is 0. The van der Waals surface area contributed by atoms with Crippen LogP contribution in [-0.2, 0) is 6.42 Å². The Kier molecular flexibility index (Phi) is 2.68. The molecule has 1 aromatic carbocycles. The van der Waals surface area contributed by atoms with Crippen molar-refractivity contribution < 1.29 is 5.11 Å². The summed E-state index contributed by atoms with van der Waals surface area (Å²) >= 11 is 0. The van der Waals surface area contributed by atoms with E-state index in [2.05, 4.69) is 10.3 Å². The summed E-state index contributed by atoms with van der Waals surface area (Å²) in [5, 5.41) is 12.5. The maximum absolute atomic E-state index is 9.26. The monoisotopic (exact) mass is 190 g/mol. The Morgan fingerprint density at radius 3 is 3.00 bits per heavy atom. The molecule has 1 aromatic rings. The highest BCUT2D eigenvalue weighted by atomic mass is 16.3. The van der Waals surface area contributed by atoms with Crippen LogP contribution < -0.4 is 5.32 Å². The molecule has 74 valence electrons. The molecular formula is C11H14N2O. The van der Waals surface area contributed by atoms with E-state index in [1.807, 2.05) is 12.1 Å². The van der Waals surface area contributed by atoms with Crippen molar-refractivity contribution in [2.75, 3.05) is 13.1 Å². The minimum Gasteiger partial charge on any atom is -0.508 e. The van der Waals surface area contributed by atoms with Gasteiger partial charge < -0.3 is 10.4 Å². The summed E-state index contributed by atoms with van der Waals surface area (Å²) in [4.78, 5) is 4.32. The first-order valence-corrected chi connectivity index (χ1v) is 4.90. The van der Waals surface area contributed by atoms with E-state index in [0.29, 0.717) is 5.75 Å². The first-order chi connectivity index (χ1) is 6.84. The number of aromatic hydroxyl groups is 1. The lowest BCUT2D eigenvalue weighted by molar-refractivity contribution is 0.474. The van der Waals surface area contributed by atoms with Crippen LogP contribution in [0.25, 0.3) is 0 Å². The molecule has 0 atom stereocenters. The molecule has 0 fully saturated rings. The van der Waals surface area contributed by atoms with Gasteiger partial charge in [0.05, 0.1) is 12.4 Å². The Morgan fingerprint density at radius 2 is 2.29 bits per heavy atom. The van der Waals surface area contributed by atoms with Gasteiger partial charge >= 0.3 is 0 Å². The highest BCUT2D eigenvalue weighted by molar-refractivity contribution is 5.83. The summed E-state index contributed by atoms with van der Waals surface area (Å²) in [5.41, 5.74) is 1.15. The van der Waals surface area contributed by atoms with Crippen LogP contribution in [0.3, 0.4) is 0 Å². The molecule has 0 aliphatic carbocycles. The Bertz CT molecular complexity index is 347. The second-order valence-electron chi connectivity index (χ2n) is 3.43. The van der Waals surface area contributed by atoms with Crippen LogP contribution in [0.2, 0.25) is 0 Å². The van der Waals surface area contributed by atoms with E-state index >= 15 is 0 Å². The van der Waals surface area contributed by atoms with Gasteiger partial charge in [0.15, 0.2) is 0 Å². The molecule has 1 heterocycles. The molecule has 2 N–H and O–H groups in total. The number of hydrogen-bond acceptors (Lipinski definition) is 3. The van der Waals surface area contributed by atoms with Crippen molar-refractivity contribution in [3.8, 4) is 5.75 Å². The van der Waals surface area contributed by atoms with Crippen molar-refractivity contribution >= 4 is 5.84 Å². The van der Waals surface area contributed by atoms with Crippen molar-refractivity contribution in [2.24, 2.45) is 4.99 Å². The smallest absolute Gasteiger partial charge is 0.115 e. The lowest BCUT2D eigenvalue weighted by Gasteiger charge is -2.02. The average molecular weight is 190 g/mol. The van der Waals surface area contributed by atoms with E-state index in [9.17, 15) is 5.11 Å². The highest BCUT2D eigenvalue weighted by Gasteiger charge is 2.04. The normalized spacial score (nSPS) is 15.0. The van der Waals surface area contributed by atoms with Gasteiger partial charge in [0.1, 0.15) is 5.75 Å². The number of aryl methyl sites for hydroxylation is 1. The summed E-state index contributed by atoms with van der Waals surface area (Å²) < 4.78 is 0. The third-order valence-electron chi connectivity index (χ3n) is 2.30. The fourth-order valence-corrected chi connectivity index (χ4v) is 1.59. The number of phenols is 1. The molecule has 0 spiro atoms. The molecular weight excluding hydrogens is 176 g/mol. The number of nitrogens with zero attached hydrogens (tertiary/aromatic N) is 1. The molecule has 0 bridgehead atoms.